The SMILES string of the molecule is CC1(C)S[C@@H]2[C@H](NC(=O)[C@H](N)c3ccccc3)C(=O)N2[C@H]1C(=O)O.CN(C)[C@@H]1C(O)=C(C(N)=O)C(=O)[C@@]2(O)C(O)=C3C(=O)c4c(O)cccc4[C@@](C)(O)[C@H]3C[C@@H]12. The van der Waals surface area contributed by atoms with Crippen molar-refractivity contribution < 1.29 is 59.4 Å². The lowest BCUT2D eigenvalue weighted by molar-refractivity contribution is -0.161. The average molecular weight is 794 g/mol. The predicted octanol–water partition coefficient (Wildman–Crippen LogP) is 0.104. The summed E-state index contributed by atoms with van der Waals surface area (Å²) in [5.74, 6) is -9.75. The number of aliphatic hydroxyl groups excluding tert-OH is 2. The van der Waals surface area contributed by atoms with Gasteiger partial charge in [-0.3, -0.25) is 28.9 Å². The number of thioether (sulfide) groups is 1. The van der Waals surface area contributed by atoms with Crippen LogP contribution in [0.3, 0.4) is 0 Å². The number of aromatic hydroxyl groups is 1. The zero-order valence-corrected chi connectivity index (χ0v) is 31.8. The molecule has 298 valence electrons. The number of nitrogens with one attached hydrogen (secondary N) is 1. The number of amides is 3. The molecule has 18 heteroatoms. The summed E-state index contributed by atoms with van der Waals surface area (Å²) in [5, 5.41) is 66.7. The number of hydrogen-bond donors (Lipinski definition) is 9. The number of ketones is 2. The number of likely N-dealkylation sites (N-methyl/N-ethyl adjacent to an activating group) is 1. The van der Waals surface area contributed by atoms with E-state index in [0.29, 0.717) is 5.56 Å². The van der Waals surface area contributed by atoms with Gasteiger partial charge in [0.05, 0.1) is 17.2 Å². The first-order valence-corrected chi connectivity index (χ1v) is 18.4. The molecule has 0 spiro atoms. The van der Waals surface area contributed by atoms with E-state index in [4.69, 9.17) is 11.5 Å². The lowest BCUT2D eigenvalue weighted by atomic mass is 9.55. The molecule has 17 nitrogen and oxygen atoms in total. The third-order valence-electron chi connectivity index (χ3n) is 11.4. The number of primary amides is 1. The maximum absolute atomic E-state index is 13.3. The van der Waals surface area contributed by atoms with Gasteiger partial charge < -0.3 is 52.3 Å². The van der Waals surface area contributed by atoms with Crippen LogP contribution in [0.1, 0.15) is 54.7 Å². The molecule has 0 aromatic heterocycles. The Morgan fingerprint density at radius 3 is 2.18 bits per heavy atom. The first-order chi connectivity index (χ1) is 26.0. The second kappa shape index (κ2) is 13.7. The summed E-state index contributed by atoms with van der Waals surface area (Å²) in [6.07, 6.45) is -0.200. The van der Waals surface area contributed by atoms with Gasteiger partial charge in [0.15, 0.2) is 11.4 Å². The molecule has 0 unspecified atom stereocenters. The van der Waals surface area contributed by atoms with Crippen LogP contribution in [-0.4, -0.2) is 124 Å². The van der Waals surface area contributed by atoms with Gasteiger partial charge in [-0.25, -0.2) is 4.79 Å². The van der Waals surface area contributed by atoms with Gasteiger partial charge in [0, 0.05) is 22.2 Å². The van der Waals surface area contributed by atoms with E-state index in [1.807, 2.05) is 6.07 Å². The summed E-state index contributed by atoms with van der Waals surface area (Å²) in [6.45, 7) is 4.98. The number of carbonyl (C=O) groups is 6. The Morgan fingerprint density at radius 2 is 1.61 bits per heavy atom. The van der Waals surface area contributed by atoms with E-state index in [2.05, 4.69) is 5.32 Å². The lowest BCUT2D eigenvalue weighted by Crippen LogP contribution is -2.71. The third kappa shape index (κ3) is 5.85. The van der Waals surface area contributed by atoms with Crippen LogP contribution in [0.4, 0.5) is 0 Å². The molecule has 0 saturated carbocycles. The Morgan fingerprint density at radius 1 is 0.982 bits per heavy atom. The first-order valence-electron chi connectivity index (χ1n) is 17.5. The molecule has 0 radical (unpaired) electrons. The van der Waals surface area contributed by atoms with E-state index < -0.39 is 110 Å². The van der Waals surface area contributed by atoms with Crippen molar-refractivity contribution in [1.29, 1.82) is 0 Å². The number of carbonyl (C=O) groups excluding carboxylic acids is 5. The van der Waals surface area contributed by atoms with Crippen molar-refractivity contribution in [3.63, 3.8) is 0 Å². The molecule has 3 amide bonds. The van der Waals surface area contributed by atoms with Crippen molar-refractivity contribution in [2.75, 3.05) is 14.1 Å². The summed E-state index contributed by atoms with van der Waals surface area (Å²) in [6, 6.07) is 9.43. The highest BCUT2D eigenvalue weighted by molar-refractivity contribution is 8.01. The van der Waals surface area contributed by atoms with Crippen LogP contribution in [0.15, 0.2) is 71.2 Å². The number of aliphatic hydroxyl groups is 4. The zero-order chi connectivity index (χ0) is 41.6. The number of β-lactam (4-membered cyclic amide) rings is 1. The fraction of sp³-hybridized carbons (Fsp3) is 0.421. The average Bonchev–Trinajstić information content (AvgIpc) is 3.38. The molecule has 5 aliphatic rings. The number of fused-ring (bicyclic) bond motifs is 4. The maximum Gasteiger partial charge on any atom is 0.327 e. The minimum absolute atomic E-state index is 0.135. The Bertz CT molecular complexity index is 2130. The number of nitrogens with two attached hydrogens (primary N) is 2. The van der Waals surface area contributed by atoms with E-state index in [0.717, 1.165) is 0 Å². The number of carboxylic acid groups (broad SMARTS) is 1. The molecule has 2 saturated heterocycles. The van der Waals surface area contributed by atoms with Crippen LogP contribution < -0.4 is 16.8 Å². The number of carboxylic acids is 1. The van der Waals surface area contributed by atoms with E-state index in [1.54, 1.807) is 38.1 Å². The molecule has 7 rings (SSSR count). The highest BCUT2D eigenvalue weighted by Crippen LogP contribution is 2.56. The van der Waals surface area contributed by atoms with Crippen LogP contribution in [0.2, 0.25) is 0 Å². The summed E-state index contributed by atoms with van der Waals surface area (Å²) < 4.78 is -0.618. The number of nitrogens with zero attached hydrogens (tertiary/aromatic N) is 2. The highest BCUT2D eigenvalue weighted by Gasteiger charge is 2.66. The molecule has 2 fully saturated rings. The highest BCUT2D eigenvalue weighted by atomic mass is 32.2. The Hall–Kier alpha value is -5.27. The molecule has 11 N–H and O–H groups in total. The van der Waals surface area contributed by atoms with Gasteiger partial charge in [-0.05, 0) is 58.5 Å². The summed E-state index contributed by atoms with van der Waals surface area (Å²) in [7, 11) is 3.06. The van der Waals surface area contributed by atoms with Crippen LogP contribution in [-0.2, 0) is 29.6 Å². The molecular weight excluding hydrogens is 751 g/mol. The predicted molar refractivity (Wildman–Crippen MR) is 199 cm³/mol. The molecule has 56 heavy (non-hydrogen) atoms. The number of Topliss-reactive ketones (excluding diaryl/α,β-unsaturated/α-hetero) is 2. The Labute approximate surface area is 324 Å². The van der Waals surface area contributed by atoms with Crippen molar-refractivity contribution in [3.05, 3.63) is 87.9 Å². The van der Waals surface area contributed by atoms with Gasteiger partial charge in [-0.2, -0.15) is 0 Å². The standard InChI is InChI=1S/C22H24N2O8.C16H19N3O4S/c1-21(31)8-5-4-6-11(25)12(8)16(26)13-9(21)7-10-15(24(2)3)17(27)14(20(23)30)19(29)22(10,32)18(13)28;1-16(2)11(15(22)23)19-13(21)10(14(19)24-16)18-12(20)9(17)8-6-4-3-5-7-8/h4-6,9-10,15,25,27-28,31-32H,7H2,1-3H3,(H2,23,30);3-7,9-11,14H,17H2,1-2H3,(H,18,20)(H,22,23)/t9-,10-,15-,21+,22-;9-,10-,11+,14-/m01/s1. The molecular formula is C38H43N5O12S. The fourth-order valence-electron chi connectivity index (χ4n) is 8.71. The van der Waals surface area contributed by atoms with Crippen molar-refractivity contribution in [2.24, 2.45) is 23.3 Å². The van der Waals surface area contributed by atoms with Crippen molar-refractivity contribution in [1.82, 2.24) is 15.1 Å². The second-order valence-corrected chi connectivity index (χ2v) is 17.2. The summed E-state index contributed by atoms with van der Waals surface area (Å²) in [5.41, 5.74) is 5.94. The topological polar surface area (TPSA) is 294 Å². The van der Waals surface area contributed by atoms with Gasteiger partial charge in [0.1, 0.15) is 46.3 Å². The number of hydrogen-bond acceptors (Lipinski definition) is 14. The Kier molecular flexibility index (Phi) is 9.91. The Balaban J connectivity index is 0.000000198. The fourth-order valence-corrected chi connectivity index (χ4v) is 10.3. The minimum atomic E-state index is -2.75. The molecule has 3 aliphatic carbocycles. The van der Waals surface area contributed by atoms with E-state index in [1.165, 1.54) is 60.8 Å². The third-order valence-corrected chi connectivity index (χ3v) is 13.0. The van der Waals surface area contributed by atoms with Crippen molar-refractivity contribution in [3.8, 4) is 5.75 Å². The monoisotopic (exact) mass is 793 g/mol. The molecule has 2 heterocycles. The number of benzene rings is 2. The summed E-state index contributed by atoms with van der Waals surface area (Å²) >= 11 is 1.38. The van der Waals surface area contributed by atoms with Gasteiger partial charge in [0.25, 0.3) is 5.91 Å². The van der Waals surface area contributed by atoms with Crippen molar-refractivity contribution in [2.45, 2.75) is 72.7 Å². The van der Waals surface area contributed by atoms with Gasteiger partial charge in [0.2, 0.25) is 17.6 Å². The number of rotatable bonds is 6. The van der Waals surface area contributed by atoms with Crippen LogP contribution >= 0.6 is 11.8 Å². The molecule has 2 aliphatic heterocycles. The quantitative estimate of drug-likeness (QED) is 0.139. The number of phenols is 1. The van der Waals surface area contributed by atoms with Crippen LogP contribution in [0.5, 0.6) is 5.75 Å². The largest absolute Gasteiger partial charge is 0.510 e. The lowest BCUT2D eigenvalue weighted by Gasteiger charge is -2.52. The van der Waals surface area contributed by atoms with Gasteiger partial charge in [-0.15, -0.1) is 11.8 Å². The minimum Gasteiger partial charge on any atom is -0.510 e. The second-order valence-electron chi connectivity index (χ2n) is 15.4. The van der Waals surface area contributed by atoms with E-state index in [-0.39, 0.29) is 28.8 Å². The molecule has 0 bridgehead atoms. The van der Waals surface area contributed by atoms with Crippen LogP contribution in [0, 0.1) is 11.8 Å². The number of phenolic OH excluding ortho intramolecular Hbond substituents is 1. The summed E-state index contributed by atoms with van der Waals surface area (Å²) in [4.78, 5) is 77.3. The first kappa shape index (κ1) is 40.4. The normalized spacial score (nSPS) is 31.9. The molecule has 2 aromatic rings. The zero-order valence-electron chi connectivity index (χ0n) is 31.0. The molecule has 9 atom stereocenters. The maximum atomic E-state index is 13.3. The molecule has 2 aromatic carbocycles. The number of aliphatic carboxylic acids is 1. The van der Waals surface area contributed by atoms with Crippen molar-refractivity contribution >= 4 is 47.0 Å². The van der Waals surface area contributed by atoms with E-state index >= 15 is 0 Å². The van der Waals surface area contributed by atoms with Crippen LogP contribution in [0.25, 0.3) is 0 Å². The van der Waals surface area contributed by atoms with Gasteiger partial charge >= 0.3 is 5.97 Å². The van der Waals surface area contributed by atoms with Gasteiger partial charge in [-0.1, -0.05) is 42.5 Å². The van der Waals surface area contributed by atoms with E-state index in [9.17, 15) is 59.4 Å². The smallest absolute Gasteiger partial charge is 0.327 e.